The van der Waals surface area contributed by atoms with Crippen molar-refractivity contribution >= 4 is 17.1 Å². The molecule has 0 aliphatic heterocycles. The smallest absolute Gasteiger partial charge is 0.149 e. The normalized spacial score (nSPS) is 10.4. The molecule has 0 radical (unpaired) electrons. The molecule has 2 rings (SSSR count). The highest BCUT2D eigenvalue weighted by molar-refractivity contribution is 5.74. The fourth-order valence-electron chi connectivity index (χ4n) is 1.70. The molecular weight excluding hydrogens is 241 g/mol. The second-order valence-corrected chi connectivity index (χ2v) is 3.83. The SMILES string of the molecule is CN(c1ccc(F)cc1F)c1cccc(F)c1N. The number of hydrogen-bond donors (Lipinski definition) is 1. The number of para-hydroxylation sites is 1. The van der Waals surface area contributed by atoms with Crippen molar-refractivity contribution < 1.29 is 13.2 Å². The van der Waals surface area contributed by atoms with Gasteiger partial charge in [-0.3, -0.25) is 0 Å². The highest BCUT2D eigenvalue weighted by Crippen LogP contribution is 2.32. The van der Waals surface area contributed by atoms with Gasteiger partial charge < -0.3 is 10.6 Å². The summed E-state index contributed by atoms with van der Waals surface area (Å²) in [5.74, 6) is -1.99. The molecule has 2 nitrogen and oxygen atoms in total. The average Bonchev–Trinajstić information content (AvgIpc) is 2.32. The number of hydrogen-bond acceptors (Lipinski definition) is 2. The Bertz CT molecular complexity index is 584. The third kappa shape index (κ3) is 2.11. The van der Waals surface area contributed by atoms with Gasteiger partial charge in [0.2, 0.25) is 0 Å². The van der Waals surface area contributed by atoms with Gasteiger partial charge in [0.05, 0.1) is 17.1 Å². The Morgan fingerprint density at radius 2 is 1.67 bits per heavy atom. The molecular formula is C13H11F3N2. The van der Waals surface area contributed by atoms with E-state index in [0.717, 1.165) is 12.1 Å². The van der Waals surface area contributed by atoms with Gasteiger partial charge in [-0.2, -0.15) is 0 Å². The van der Waals surface area contributed by atoms with Crippen LogP contribution in [0.1, 0.15) is 0 Å². The summed E-state index contributed by atoms with van der Waals surface area (Å²) in [6.07, 6.45) is 0. The number of nitrogen functional groups attached to an aromatic ring is 1. The van der Waals surface area contributed by atoms with Crippen LogP contribution < -0.4 is 10.6 Å². The molecule has 0 atom stereocenters. The van der Waals surface area contributed by atoms with Gasteiger partial charge in [-0.05, 0) is 24.3 Å². The van der Waals surface area contributed by atoms with Crippen molar-refractivity contribution in [1.29, 1.82) is 0 Å². The van der Waals surface area contributed by atoms with Crippen LogP contribution in [0.4, 0.5) is 30.2 Å². The Hall–Kier alpha value is -2.17. The van der Waals surface area contributed by atoms with E-state index in [1.807, 2.05) is 0 Å². The first-order valence-corrected chi connectivity index (χ1v) is 5.23. The third-order valence-electron chi connectivity index (χ3n) is 2.66. The van der Waals surface area contributed by atoms with E-state index in [1.165, 1.54) is 30.1 Å². The summed E-state index contributed by atoms with van der Waals surface area (Å²) in [5, 5.41) is 0. The van der Waals surface area contributed by atoms with Gasteiger partial charge >= 0.3 is 0 Å². The lowest BCUT2D eigenvalue weighted by molar-refractivity contribution is 0.583. The van der Waals surface area contributed by atoms with Crippen molar-refractivity contribution in [2.75, 3.05) is 17.7 Å². The Morgan fingerprint density at radius 3 is 2.33 bits per heavy atom. The molecule has 5 heteroatoms. The maximum atomic E-state index is 13.6. The predicted molar refractivity (Wildman–Crippen MR) is 65.2 cm³/mol. The Balaban J connectivity index is 2.48. The molecule has 94 valence electrons. The van der Waals surface area contributed by atoms with Crippen LogP contribution in [0.25, 0.3) is 0 Å². The third-order valence-corrected chi connectivity index (χ3v) is 2.66. The molecule has 2 aromatic carbocycles. The van der Waals surface area contributed by atoms with E-state index in [2.05, 4.69) is 0 Å². The summed E-state index contributed by atoms with van der Waals surface area (Å²) in [6, 6.07) is 7.41. The van der Waals surface area contributed by atoms with Crippen LogP contribution in [0.5, 0.6) is 0 Å². The highest BCUT2D eigenvalue weighted by atomic mass is 19.1. The van der Waals surface area contributed by atoms with E-state index in [-0.39, 0.29) is 11.4 Å². The van der Waals surface area contributed by atoms with Crippen molar-refractivity contribution in [2.45, 2.75) is 0 Å². The molecule has 0 aromatic heterocycles. The Morgan fingerprint density at radius 1 is 0.944 bits per heavy atom. The van der Waals surface area contributed by atoms with Gasteiger partial charge in [0, 0.05) is 13.1 Å². The summed E-state index contributed by atoms with van der Waals surface area (Å²) in [5.41, 5.74) is 5.95. The molecule has 2 aromatic rings. The van der Waals surface area contributed by atoms with Gasteiger partial charge in [-0.1, -0.05) is 6.07 Å². The zero-order valence-electron chi connectivity index (χ0n) is 9.62. The number of anilines is 3. The molecule has 0 bridgehead atoms. The predicted octanol–water partition coefficient (Wildman–Crippen LogP) is 3.45. The summed E-state index contributed by atoms with van der Waals surface area (Å²) < 4.78 is 39.7. The van der Waals surface area contributed by atoms with Crippen molar-refractivity contribution in [3.63, 3.8) is 0 Å². The molecule has 0 unspecified atom stereocenters. The molecule has 0 heterocycles. The van der Waals surface area contributed by atoms with E-state index >= 15 is 0 Å². The van der Waals surface area contributed by atoms with Gasteiger partial charge in [0.1, 0.15) is 17.5 Å². The largest absolute Gasteiger partial charge is 0.395 e. The van der Waals surface area contributed by atoms with Gasteiger partial charge in [0.15, 0.2) is 0 Å². The van der Waals surface area contributed by atoms with Crippen LogP contribution in [-0.2, 0) is 0 Å². The summed E-state index contributed by atoms with van der Waals surface area (Å²) in [7, 11) is 1.53. The summed E-state index contributed by atoms with van der Waals surface area (Å²) in [6.45, 7) is 0. The minimum atomic E-state index is -0.735. The maximum absolute atomic E-state index is 13.6. The minimum Gasteiger partial charge on any atom is -0.395 e. The van der Waals surface area contributed by atoms with Crippen molar-refractivity contribution in [1.82, 2.24) is 0 Å². The van der Waals surface area contributed by atoms with Gasteiger partial charge in [-0.15, -0.1) is 0 Å². The van der Waals surface area contributed by atoms with E-state index in [0.29, 0.717) is 5.69 Å². The quantitative estimate of drug-likeness (QED) is 0.829. The lowest BCUT2D eigenvalue weighted by atomic mass is 10.2. The molecule has 0 amide bonds. The molecule has 0 saturated carbocycles. The van der Waals surface area contributed by atoms with Crippen molar-refractivity contribution in [3.05, 3.63) is 53.8 Å². The first kappa shape index (κ1) is 12.3. The topological polar surface area (TPSA) is 29.3 Å². The average molecular weight is 252 g/mol. The number of rotatable bonds is 2. The highest BCUT2D eigenvalue weighted by Gasteiger charge is 2.14. The van der Waals surface area contributed by atoms with Crippen LogP contribution >= 0.6 is 0 Å². The Kier molecular flexibility index (Phi) is 3.14. The number of nitrogens with two attached hydrogens (primary N) is 1. The molecule has 0 fully saturated rings. The Labute approximate surface area is 102 Å². The van der Waals surface area contributed by atoms with E-state index in [4.69, 9.17) is 5.73 Å². The van der Waals surface area contributed by atoms with E-state index in [1.54, 1.807) is 6.07 Å². The second kappa shape index (κ2) is 4.60. The van der Waals surface area contributed by atoms with Gasteiger partial charge in [-0.25, -0.2) is 13.2 Å². The monoisotopic (exact) mass is 252 g/mol. The van der Waals surface area contributed by atoms with Crippen LogP contribution in [0.2, 0.25) is 0 Å². The van der Waals surface area contributed by atoms with Crippen molar-refractivity contribution in [2.24, 2.45) is 0 Å². The first-order valence-electron chi connectivity index (χ1n) is 5.23. The van der Waals surface area contributed by atoms with Crippen LogP contribution in [0, 0.1) is 17.5 Å². The number of nitrogens with zero attached hydrogens (tertiary/aromatic N) is 1. The molecule has 0 saturated heterocycles. The molecule has 0 aliphatic rings. The molecule has 0 spiro atoms. The molecule has 2 N–H and O–H groups in total. The second-order valence-electron chi connectivity index (χ2n) is 3.83. The lowest BCUT2D eigenvalue weighted by Crippen LogP contribution is -2.14. The minimum absolute atomic E-state index is 0.0799. The summed E-state index contributed by atoms with van der Waals surface area (Å²) in [4.78, 5) is 1.37. The zero-order valence-corrected chi connectivity index (χ0v) is 9.62. The van der Waals surface area contributed by atoms with Gasteiger partial charge in [0.25, 0.3) is 0 Å². The van der Waals surface area contributed by atoms with E-state index < -0.39 is 17.5 Å². The fourth-order valence-corrected chi connectivity index (χ4v) is 1.70. The maximum Gasteiger partial charge on any atom is 0.149 e. The van der Waals surface area contributed by atoms with Crippen LogP contribution in [-0.4, -0.2) is 7.05 Å². The van der Waals surface area contributed by atoms with Crippen molar-refractivity contribution in [3.8, 4) is 0 Å². The van der Waals surface area contributed by atoms with Crippen LogP contribution in [0.15, 0.2) is 36.4 Å². The van der Waals surface area contributed by atoms with E-state index in [9.17, 15) is 13.2 Å². The molecule has 18 heavy (non-hydrogen) atoms. The zero-order chi connectivity index (χ0) is 13.3. The van der Waals surface area contributed by atoms with Crippen LogP contribution in [0.3, 0.4) is 0 Å². The lowest BCUT2D eigenvalue weighted by Gasteiger charge is -2.21. The summed E-state index contributed by atoms with van der Waals surface area (Å²) >= 11 is 0. The molecule has 0 aliphatic carbocycles. The number of benzene rings is 2. The first-order chi connectivity index (χ1) is 8.50. The fraction of sp³-hybridized carbons (Fsp3) is 0.0769. The number of halogens is 3. The standard InChI is InChI=1S/C13H11F3N2/c1-18(11-6-5-8(14)7-10(11)16)12-4-2-3-9(15)13(12)17/h2-7H,17H2,1H3.